The van der Waals surface area contributed by atoms with Crippen molar-refractivity contribution in [3.63, 3.8) is 0 Å². The van der Waals surface area contributed by atoms with E-state index in [4.69, 9.17) is 5.73 Å². The number of hydrogen-bond acceptors (Lipinski definition) is 4. The number of carbonyl (C=O) groups excluding carboxylic acids is 1. The maximum atomic E-state index is 12.0. The lowest BCUT2D eigenvalue weighted by Crippen LogP contribution is -2.48. The number of anilines is 2. The zero-order chi connectivity index (χ0) is 15.4. The van der Waals surface area contributed by atoms with Gasteiger partial charge in [-0.25, -0.2) is 8.42 Å². The summed E-state index contributed by atoms with van der Waals surface area (Å²) < 4.78 is 24.5. The van der Waals surface area contributed by atoms with Crippen molar-refractivity contribution >= 4 is 27.3 Å². The van der Waals surface area contributed by atoms with Crippen LogP contribution in [0.5, 0.6) is 0 Å². The van der Waals surface area contributed by atoms with Crippen molar-refractivity contribution in [3.05, 3.63) is 24.3 Å². The van der Waals surface area contributed by atoms with Gasteiger partial charge < -0.3 is 11.1 Å². The molecule has 0 aliphatic rings. The normalized spacial score (nSPS) is 14.4. The van der Waals surface area contributed by atoms with Gasteiger partial charge in [0.2, 0.25) is 15.9 Å². The molecule has 6 nitrogen and oxygen atoms in total. The highest BCUT2D eigenvalue weighted by Crippen LogP contribution is 2.17. The number of nitrogens with one attached hydrogen (secondary N) is 2. The minimum absolute atomic E-state index is 0.261. The Kier molecular flexibility index (Phi) is 5.13. The number of benzene rings is 1. The first-order chi connectivity index (χ1) is 9.14. The van der Waals surface area contributed by atoms with Gasteiger partial charge in [-0.05, 0) is 37.6 Å². The van der Waals surface area contributed by atoms with Gasteiger partial charge in [0.05, 0.1) is 11.8 Å². The third-order valence-electron chi connectivity index (χ3n) is 2.73. The van der Waals surface area contributed by atoms with Crippen LogP contribution in [0.25, 0.3) is 0 Å². The summed E-state index contributed by atoms with van der Waals surface area (Å²) in [6, 6.07) is 6.38. The average Bonchev–Trinajstić information content (AvgIpc) is 2.29. The summed E-state index contributed by atoms with van der Waals surface area (Å²) >= 11 is 0. The van der Waals surface area contributed by atoms with E-state index in [9.17, 15) is 13.2 Å². The van der Waals surface area contributed by atoms with E-state index in [2.05, 4.69) is 10.0 Å². The Balaban J connectivity index is 2.73. The fourth-order valence-electron chi connectivity index (χ4n) is 1.74. The standard InChI is InChI=1S/C13H21N3O3S/c1-4-9-13(2,14)12(17)15-10-5-7-11(8-6-10)16-20(3,18)19/h5-8,16H,4,9,14H2,1-3H3,(H,15,17). The third kappa shape index (κ3) is 5.18. The van der Waals surface area contributed by atoms with Gasteiger partial charge in [0.15, 0.2) is 0 Å². The second-order valence-electron chi connectivity index (χ2n) is 5.07. The molecule has 1 aromatic rings. The Bertz CT molecular complexity index is 565. The van der Waals surface area contributed by atoms with Gasteiger partial charge in [0.1, 0.15) is 0 Å². The molecule has 0 saturated heterocycles. The SMILES string of the molecule is CCCC(C)(N)C(=O)Nc1ccc(NS(C)(=O)=O)cc1. The molecule has 0 bridgehead atoms. The number of carbonyl (C=O) groups is 1. The first kappa shape index (κ1) is 16.5. The largest absolute Gasteiger partial charge is 0.325 e. The van der Waals surface area contributed by atoms with Crippen molar-refractivity contribution in [2.24, 2.45) is 5.73 Å². The lowest BCUT2D eigenvalue weighted by molar-refractivity contribution is -0.120. The van der Waals surface area contributed by atoms with Gasteiger partial charge in [-0.3, -0.25) is 9.52 Å². The molecule has 0 aliphatic carbocycles. The average molecular weight is 299 g/mol. The minimum Gasteiger partial charge on any atom is -0.325 e. The van der Waals surface area contributed by atoms with Crippen LogP contribution >= 0.6 is 0 Å². The first-order valence-electron chi connectivity index (χ1n) is 6.32. The van der Waals surface area contributed by atoms with Crippen molar-refractivity contribution in [1.82, 2.24) is 0 Å². The van der Waals surface area contributed by atoms with Crippen LogP contribution < -0.4 is 15.8 Å². The van der Waals surface area contributed by atoms with Crippen LogP contribution in [-0.4, -0.2) is 26.1 Å². The van der Waals surface area contributed by atoms with Gasteiger partial charge in [0.25, 0.3) is 0 Å². The van der Waals surface area contributed by atoms with Crippen LogP contribution in [0.4, 0.5) is 11.4 Å². The fourth-order valence-corrected chi connectivity index (χ4v) is 2.31. The fraction of sp³-hybridized carbons (Fsp3) is 0.462. The van der Waals surface area contributed by atoms with E-state index in [1.54, 1.807) is 31.2 Å². The van der Waals surface area contributed by atoms with Crippen molar-refractivity contribution < 1.29 is 13.2 Å². The molecular formula is C13H21N3O3S. The molecule has 1 amide bonds. The maximum Gasteiger partial charge on any atom is 0.244 e. The Morgan fingerprint density at radius 2 is 1.75 bits per heavy atom. The molecule has 0 fully saturated rings. The Hall–Kier alpha value is -1.60. The predicted octanol–water partition coefficient (Wildman–Crippen LogP) is 1.51. The van der Waals surface area contributed by atoms with Crippen LogP contribution in [0.1, 0.15) is 26.7 Å². The highest BCUT2D eigenvalue weighted by Gasteiger charge is 2.27. The molecule has 0 radical (unpaired) electrons. The molecule has 1 rings (SSSR count). The Morgan fingerprint density at radius 1 is 1.25 bits per heavy atom. The number of rotatable bonds is 6. The lowest BCUT2D eigenvalue weighted by atomic mass is 9.96. The summed E-state index contributed by atoms with van der Waals surface area (Å²) in [4.78, 5) is 12.0. The molecule has 7 heteroatoms. The molecule has 1 unspecified atom stereocenters. The van der Waals surface area contributed by atoms with Crippen LogP contribution in [0, 0.1) is 0 Å². The molecule has 1 aromatic carbocycles. The van der Waals surface area contributed by atoms with Crippen molar-refractivity contribution in [2.45, 2.75) is 32.2 Å². The first-order valence-corrected chi connectivity index (χ1v) is 8.21. The van der Waals surface area contributed by atoms with E-state index in [1.807, 2.05) is 6.92 Å². The van der Waals surface area contributed by atoms with Crippen LogP contribution in [0.3, 0.4) is 0 Å². The van der Waals surface area contributed by atoms with Crippen molar-refractivity contribution in [1.29, 1.82) is 0 Å². The molecule has 0 aliphatic heterocycles. The summed E-state index contributed by atoms with van der Waals surface area (Å²) in [6.07, 6.45) is 2.48. The van der Waals surface area contributed by atoms with E-state index in [0.717, 1.165) is 12.7 Å². The number of sulfonamides is 1. The minimum atomic E-state index is -3.30. The Labute approximate surface area is 119 Å². The monoisotopic (exact) mass is 299 g/mol. The van der Waals surface area contributed by atoms with E-state index < -0.39 is 15.6 Å². The quantitative estimate of drug-likeness (QED) is 0.741. The van der Waals surface area contributed by atoms with E-state index in [-0.39, 0.29) is 5.91 Å². The predicted molar refractivity (Wildman–Crippen MR) is 81.0 cm³/mol. The molecular weight excluding hydrogens is 278 g/mol. The van der Waals surface area contributed by atoms with Crippen molar-refractivity contribution in [3.8, 4) is 0 Å². The van der Waals surface area contributed by atoms with Gasteiger partial charge in [-0.2, -0.15) is 0 Å². The molecule has 4 N–H and O–H groups in total. The van der Waals surface area contributed by atoms with Crippen LogP contribution in [0.2, 0.25) is 0 Å². The second kappa shape index (κ2) is 6.23. The summed E-state index contributed by atoms with van der Waals surface area (Å²) in [6.45, 7) is 3.65. The topological polar surface area (TPSA) is 101 Å². The zero-order valence-electron chi connectivity index (χ0n) is 11.9. The summed E-state index contributed by atoms with van der Waals surface area (Å²) in [5, 5.41) is 2.72. The molecule has 112 valence electrons. The Morgan fingerprint density at radius 3 is 2.20 bits per heavy atom. The summed E-state index contributed by atoms with van der Waals surface area (Å²) in [5.74, 6) is -0.261. The van der Waals surface area contributed by atoms with Gasteiger partial charge in [0, 0.05) is 11.4 Å². The van der Waals surface area contributed by atoms with E-state index in [1.165, 1.54) is 0 Å². The summed E-state index contributed by atoms with van der Waals surface area (Å²) in [5.41, 5.74) is 6.02. The van der Waals surface area contributed by atoms with Crippen LogP contribution in [-0.2, 0) is 14.8 Å². The van der Waals surface area contributed by atoms with Gasteiger partial charge >= 0.3 is 0 Å². The molecule has 20 heavy (non-hydrogen) atoms. The molecule has 0 heterocycles. The van der Waals surface area contributed by atoms with Gasteiger partial charge in [-0.15, -0.1) is 0 Å². The maximum absolute atomic E-state index is 12.0. The van der Waals surface area contributed by atoms with E-state index in [0.29, 0.717) is 17.8 Å². The summed E-state index contributed by atoms with van der Waals surface area (Å²) in [7, 11) is -3.30. The van der Waals surface area contributed by atoms with Gasteiger partial charge in [-0.1, -0.05) is 13.3 Å². The molecule has 1 atom stereocenters. The van der Waals surface area contributed by atoms with E-state index >= 15 is 0 Å². The number of hydrogen-bond donors (Lipinski definition) is 3. The molecule has 0 spiro atoms. The third-order valence-corrected chi connectivity index (χ3v) is 3.34. The highest BCUT2D eigenvalue weighted by molar-refractivity contribution is 7.92. The number of nitrogens with two attached hydrogens (primary N) is 1. The van der Waals surface area contributed by atoms with Crippen LogP contribution in [0.15, 0.2) is 24.3 Å². The highest BCUT2D eigenvalue weighted by atomic mass is 32.2. The molecule has 0 aromatic heterocycles. The zero-order valence-corrected chi connectivity index (χ0v) is 12.8. The smallest absolute Gasteiger partial charge is 0.244 e. The molecule has 0 saturated carbocycles. The number of amides is 1. The lowest BCUT2D eigenvalue weighted by Gasteiger charge is -2.22. The van der Waals surface area contributed by atoms with Crippen molar-refractivity contribution in [2.75, 3.05) is 16.3 Å². The second-order valence-corrected chi connectivity index (χ2v) is 6.82.